The molecule has 5 heteroatoms. The van der Waals surface area contributed by atoms with E-state index in [1.807, 2.05) is 13.0 Å². The monoisotopic (exact) mass is 220 g/mol. The Morgan fingerprint density at radius 3 is 3.07 bits per heavy atom. The largest absolute Gasteiger partial charge is 0.308 e. The molecule has 0 aliphatic carbocycles. The van der Waals surface area contributed by atoms with Gasteiger partial charge in [0.25, 0.3) is 0 Å². The molecule has 0 atom stereocenters. The molecular formula is C10H9ClN4. The van der Waals surface area contributed by atoms with Crippen LogP contribution >= 0.6 is 11.6 Å². The fourth-order valence-electron chi connectivity index (χ4n) is 1.34. The van der Waals surface area contributed by atoms with Gasteiger partial charge in [-0.3, -0.25) is 4.40 Å². The number of aromatic nitrogens is 3. The number of hydrogen-bond donors (Lipinski definition) is 1. The number of nitrogens with one attached hydrogen (secondary N) is 1. The van der Waals surface area contributed by atoms with E-state index in [0.717, 1.165) is 11.2 Å². The molecule has 0 aliphatic rings. The number of halogens is 1. The van der Waals surface area contributed by atoms with Gasteiger partial charge in [0.1, 0.15) is 5.65 Å². The quantitative estimate of drug-likeness (QED) is 0.624. The average Bonchev–Trinajstić information content (AvgIpc) is 2.68. The van der Waals surface area contributed by atoms with Crippen molar-refractivity contribution in [1.29, 1.82) is 5.41 Å². The minimum Gasteiger partial charge on any atom is -0.308 e. The zero-order chi connectivity index (χ0) is 10.8. The van der Waals surface area contributed by atoms with Gasteiger partial charge in [0.05, 0.1) is 5.69 Å². The standard InChI is InChI=1S/C10H9ClN4/c1-2-7(6-12)8-5-9-13-3-4-15(9)10(11)14-8/h2-6,12H,1H3/b7-2+,12-6?. The number of fused-ring (bicyclic) bond motifs is 1. The lowest BCUT2D eigenvalue weighted by Crippen LogP contribution is -1.96. The molecule has 0 saturated carbocycles. The normalized spacial score (nSPS) is 12.0. The summed E-state index contributed by atoms with van der Waals surface area (Å²) in [5.74, 6) is 0. The van der Waals surface area contributed by atoms with Gasteiger partial charge in [0.15, 0.2) is 0 Å². The van der Waals surface area contributed by atoms with Gasteiger partial charge in [-0.15, -0.1) is 0 Å². The Morgan fingerprint density at radius 2 is 2.40 bits per heavy atom. The first kappa shape index (κ1) is 9.86. The van der Waals surface area contributed by atoms with Gasteiger partial charge in [-0.25, -0.2) is 9.97 Å². The Hall–Kier alpha value is -1.68. The molecule has 0 spiro atoms. The Kier molecular flexibility index (Phi) is 2.51. The SMILES string of the molecule is C/C=C(\C=N)c1cc2nccn2c(Cl)n1. The van der Waals surface area contributed by atoms with E-state index in [2.05, 4.69) is 9.97 Å². The van der Waals surface area contributed by atoms with E-state index in [9.17, 15) is 0 Å². The molecule has 0 aliphatic heterocycles. The molecule has 15 heavy (non-hydrogen) atoms. The van der Waals surface area contributed by atoms with Crippen molar-refractivity contribution in [3.8, 4) is 0 Å². The highest BCUT2D eigenvalue weighted by atomic mass is 35.5. The Balaban J connectivity index is 2.68. The van der Waals surface area contributed by atoms with E-state index >= 15 is 0 Å². The number of nitrogens with zero attached hydrogens (tertiary/aromatic N) is 3. The second-order valence-corrected chi connectivity index (χ2v) is 3.29. The first-order valence-corrected chi connectivity index (χ1v) is 4.81. The Bertz CT molecular complexity index is 541. The maximum Gasteiger partial charge on any atom is 0.209 e. The highest BCUT2D eigenvalue weighted by molar-refractivity contribution is 6.28. The summed E-state index contributed by atoms with van der Waals surface area (Å²) < 4.78 is 1.68. The van der Waals surface area contributed by atoms with Gasteiger partial charge >= 0.3 is 0 Å². The summed E-state index contributed by atoms with van der Waals surface area (Å²) in [5, 5.41) is 7.58. The molecule has 2 aromatic heterocycles. The zero-order valence-electron chi connectivity index (χ0n) is 8.11. The van der Waals surface area contributed by atoms with Gasteiger partial charge in [-0.2, -0.15) is 0 Å². The van der Waals surface area contributed by atoms with Crippen molar-refractivity contribution < 1.29 is 0 Å². The molecule has 2 heterocycles. The van der Waals surface area contributed by atoms with E-state index in [0.29, 0.717) is 11.0 Å². The van der Waals surface area contributed by atoms with Crippen LogP contribution in [0.15, 0.2) is 24.5 Å². The second-order valence-electron chi connectivity index (χ2n) is 2.95. The summed E-state index contributed by atoms with van der Waals surface area (Å²) in [6.07, 6.45) is 6.46. The van der Waals surface area contributed by atoms with E-state index in [4.69, 9.17) is 17.0 Å². The minimum atomic E-state index is 0.348. The fourth-order valence-corrected chi connectivity index (χ4v) is 1.57. The van der Waals surface area contributed by atoms with Gasteiger partial charge in [-0.1, -0.05) is 6.08 Å². The summed E-state index contributed by atoms with van der Waals surface area (Å²) in [5.41, 5.74) is 2.12. The second kappa shape index (κ2) is 3.82. The van der Waals surface area contributed by atoms with Crippen molar-refractivity contribution in [1.82, 2.24) is 14.4 Å². The molecule has 2 aromatic rings. The minimum absolute atomic E-state index is 0.348. The van der Waals surface area contributed by atoms with Gasteiger partial charge in [0, 0.05) is 30.2 Å². The molecule has 0 fully saturated rings. The van der Waals surface area contributed by atoms with Crippen molar-refractivity contribution in [2.75, 3.05) is 0 Å². The smallest absolute Gasteiger partial charge is 0.209 e. The average molecular weight is 221 g/mol. The van der Waals surface area contributed by atoms with Crippen LogP contribution in [-0.4, -0.2) is 20.6 Å². The van der Waals surface area contributed by atoms with Crippen molar-refractivity contribution in [2.24, 2.45) is 0 Å². The van der Waals surface area contributed by atoms with Crippen molar-refractivity contribution in [2.45, 2.75) is 6.92 Å². The van der Waals surface area contributed by atoms with Gasteiger partial charge in [-0.05, 0) is 18.5 Å². The third kappa shape index (κ3) is 1.64. The van der Waals surface area contributed by atoms with Crippen LogP contribution in [0.25, 0.3) is 11.2 Å². The summed E-state index contributed by atoms with van der Waals surface area (Å²) in [6.45, 7) is 1.85. The zero-order valence-corrected chi connectivity index (χ0v) is 8.86. The van der Waals surface area contributed by atoms with E-state index < -0.39 is 0 Å². The van der Waals surface area contributed by atoms with Crippen LogP contribution in [0.4, 0.5) is 0 Å². The number of allylic oxidation sites excluding steroid dienone is 2. The first-order valence-electron chi connectivity index (χ1n) is 4.43. The lowest BCUT2D eigenvalue weighted by molar-refractivity contribution is 1.07. The van der Waals surface area contributed by atoms with Crippen LogP contribution in [-0.2, 0) is 0 Å². The molecule has 0 amide bonds. The van der Waals surface area contributed by atoms with Gasteiger partial charge in [0.2, 0.25) is 5.28 Å². The van der Waals surface area contributed by atoms with E-state index in [1.54, 1.807) is 22.9 Å². The summed E-state index contributed by atoms with van der Waals surface area (Å²) in [6, 6.07) is 1.80. The predicted octanol–water partition coefficient (Wildman–Crippen LogP) is 2.44. The van der Waals surface area contributed by atoms with Gasteiger partial charge < -0.3 is 5.41 Å². The lowest BCUT2D eigenvalue weighted by Gasteiger charge is -2.02. The maximum atomic E-state index is 7.24. The van der Waals surface area contributed by atoms with Crippen LogP contribution < -0.4 is 0 Å². The molecule has 0 aromatic carbocycles. The van der Waals surface area contributed by atoms with Crippen LogP contribution in [0, 0.1) is 5.41 Å². The molecule has 2 rings (SSSR count). The third-order valence-electron chi connectivity index (χ3n) is 2.11. The summed E-state index contributed by atoms with van der Waals surface area (Å²) in [7, 11) is 0. The fraction of sp³-hybridized carbons (Fsp3) is 0.100. The highest BCUT2D eigenvalue weighted by Crippen LogP contribution is 2.16. The summed E-state index contributed by atoms with van der Waals surface area (Å²) >= 11 is 5.97. The number of imidazole rings is 1. The van der Waals surface area contributed by atoms with Crippen molar-refractivity contribution >= 4 is 29.0 Å². The molecule has 0 saturated heterocycles. The van der Waals surface area contributed by atoms with Crippen LogP contribution in [0.2, 0.25) is 5.28 Å². The number of hydrogen-bond acceptors (Lipinski definition) is 3. The Morgan fingerprint density at radius 1 is 1.60 bits per heavy atom. The molecule has 0 unspecified atom stereocenters. The third-order valence-corrected chi connectivity index (χ3v) is 2.38. The highest BCUT2D eigenvalue weighted by Gasteiger charge is 2.06. The lowest BCUT2D eigenvalue weighted by atomic mass is 10.2. The van der Waals surface area contributed by atoms with Crippen LogP contribution in [0.1, 0.15) is 12.6 Å². The molecule has 1 N–H and O–H groups in total. The van der Waals surface area contributed by atoms with Crippen LogP contribution in [0.3, 0.4) is 0 Å². The predicted molar refractivity (Wildman–Crippen MR) is 60.4 cm³/mol. The van der Waals surface area contributed by atoms with E-state index in [-0.39, 0.29) is 0 Å². The van der Waals surface area contributed by atoms with Crippen LogP contribution in [0.5, 0.6) is 0 Å². The van der Waals surface area contributed by atoms with Crippen molar-refractivity contribution in [3.05, 3.63) is 35.5 Å². The maximum absolute atomic E-state index is 7.24. The first-order chi connectivity index (χ1) is 7.26. The van der Waals surface area contributed by atoms with E-state index in [1.165, 1.54) is 6.21 Å². The number of rotatable bonds is 2. The molecule has 0 bridgehead atoms. The summed E-state index contributed by atoms with van der Waals surface area (Å²) in [4.78, 5) is 8.31. The molecule has 0 radical (unpaired) electrons. The topological polar surface area (TPSA) is 54.0 Å². The Labute approximate surface area is 91.7 Å². The molecular weight excluding hydrogens is 212 g/mol. The molecule has 76 valence electrons. The molecule has 4 nitrogen and oxygen atoms in total. The van der Waals surface area contributed by atoms with Crippen molar-refractivity contribution in [3.63, 3.8) is 0 Å².